The largest absolute Gasteiger partial charge is 0.292 e. The van der Waals surface area contributed by atoms with Crippen LogP contribution in [0.3, 0.4) is 0 Å². The molecule has 0 spiro atoms. The third kappa shape index (κ3) is 4.05. The highest BCUT2D eigenvalue weighted by Crippen LogP contribution is 2.32. The van der Waals surface area contributed by atoms with Gasteiger partial charge in [0.2, 0.25) is 0 Å². The van der Waals surface area contributed by atoms with Gasteiger partial charge in [0.05, 0.1) is 5.02 Å². The molecule has 112 valence electrons. The first-order valence-corrected chi connectivity index (χ1v) is 7.37. The topological polar surface area (TPSA) is 47.8 Å². The maximum Gasteiger partial charge on any atom is 0.188 e. The van der Waals surface area contributed by atoms with E-state index in [1.807, 2.05) is 0 Å². The van der Waals surface area contributed by atoms with Gasteiger partial charge in [0.15, 0.2) is 5.78 Å². The Morgan fingerprint density at radius 2 is 2.05 bits per heavy atom. The normalized spacial score (nSPS) is 13.2. The molecule has 4 nitrogen and oxygen atoms in total. The summed E-state index contributed by atoms with van der Waals surface area (Å²) in [5.74, 6) is -0.0860. The van der Waals surface area contributed by atoms with Gasteiger partial charge in [0, 0.05) is 10.6 Å². The number of carbonyl (C=O) groups is 1. The van der Waals surface area contributed by atoms with E-state index in [1.165, 1.54) is 6.33 Å². The maximum atomic E-state index is 12.8. The van der Waals surface area contributed by atoms with E-state index in [2.05, 4.69) is 30.9 Å². The monoisotopic (exact) mass is 325 g/mol. The van der Waals surface area contributed by atoms with Crippen molar-refractivity contribution in [1.82, 2.24) is 14.8 Å². The van der Waals surface area contributed by atoms with Crippen molar-refractivity contribution in [2.45, 2.75) is 33.2 Å². The van der Waals surface area contributed by atoms with Crippen LogP contribution < -0.4 is 0 Å². The fraction of sp³-hybridized carbons (Fsp3) is 0.400. The van der Waals surface area contributed by atoms with Crippen LogP contribution in [0, 0.1) is 5.41 Å². The summed E-state index contributed by atoms with van der Waals surface area (Å²) in [5.41, 5.74) is 0.413. The first kappa shape index (κ1) is 16.0. The number of aromatic nitrogens is 3. The van der Waals surface area contributed by atoms with Gasteiger partial charge in [-0.05, 0) is 30.0 Å². The van der Waals surface area contributed by atoms with E-state index in [0.717, 1.165) is 0 Å². The van der Waals surface area contributed by atoms with Gasteiger partial charge < -0.3 is 0 Å². The first-order valence-electron chi connectivity index (χ1n) is 6.61. The van der Waals surface area contributed by atoms with Crippen LogP contribution in [-0.2, 0) is 0 Å². The molecule has 0 radical (unpaired) electrons. The van der Waals surface area contributed by atoms with E-state index >= 15 is 0 Å². The fourth-order valence-corrected chi connectivity index (χ4v) is 2.64. The Kier molecular flexibility index (Phi) is 4.69. The van der Waals surface area contributed by atoms with Crippen LogP contribution in [0.1, 0.15) is 43.6 Å². The molecule has 0 saturated carbocycles. The summed E-state index contributed by atoms with van der Waals surface area (Å²) in [6.07, 6.45) is 3.61. The molecular weight excluding hydrogens is 309 g/mol. The van der Waals surface area contributed by atoms with Crippen LogP contribution in [-0.4, -0.2) is 20.5 Å². The summed E-state index contributed by atoms with van der Waals surface area (Å²) in [5, 5.41) is 4.97. The number of nitrogens with zero attached hydrogens (tertiary/aromatic N) is 3. The molecule has 0 aliphatic carbocycles. The second-order valence-electron chi connectivity index (χ2n) is 6.14. The number of ketones is 1. The second kappa shape index (κ2) is 6.16. The van der Waals surface area contributed by atoms with Crippen LogP contribution in [0.15, 0.2) is 30.9 Å². The predicted molar refractivity (Wildman–Crippen MR) is 83.9 cm³/mol. The molecule has 0 amide bonds. The minimum Gasteiger partial charge on any atom is -0.292 e. The summed E-state index contributed by atoms with van der Waals surface area (Å²) in [4.78, 5) is 16.8. The lowest BCUT2D eigenvalue weighted by Crippen LogP contribution is -2.25. The molecule has 2 aromatic rings. The molecular formula is C15H17Cl2N3O. The number of rotatable bonds is 4. The number of hydrogen-bond donors (Lipinski definition) is 0. The van der Waals surface area contributed by atoms with Crippen LogP contribution in [0.5, 0.6) is 0 Å². The number of halogens is 2. The van der Waals surface area contributed by atoms with Crippen molar-refractivity contribution in [2.24, 2.45) is 5.41 Å². The van der Waals surface area contributed by atoms with Crippen LogP contribution in [0.2, 0.25) is 10.0 Å². The number of hydrogen-bond acceptors (Lipinski definition) is 3. The zero-order valence-corrected chi connectivity index (χ0v) is 13.7. The van der Waals surface area contributed by atoms with Crippen molar-refractivity contribution in [1.29, 1.82) is 0 Å². The molecule has 1 aromatic carbocycles. The van der Waals surface area contributed by atoms with Gasteiger partial charge in [0.25, 0.3) is 0 Å². The zero-order chi connectivity index (χ0) is 15.6. The zero-order valence-electron chi connectivity index (χ0n) is 12.2. The van der Waals surface area contributed by atoms with Gasteiger partial charge in [-0.3, -0.25) is 4.79 Å². The second-order valence-corrected chi connectivity index (χ2v) is 6.99. The summed E-state index contributed by atoms with van der Waals surface area (Å²) in [6.45, 7) is 6.23. The van der Waals surface area contributed by atoms with E-state index in [1.54, 1.807) is 29.2 Å². The van der Waals surface area contributed by atoms with Gasteiger partial charge in [-0.2, -0.15) is 5.10 Å². The molecule has 0 aliphatic heterocycles. The Hall–Kier alpha value is -1.39. The van der Waals surface area contributed by atoms with Gasteiger partial charge in [-0.15, -0.1) is 0 Å². The van der Waals surface area contributed by atoms with Crippen molar-refractivity contribution >= 4 is 29.0 Å². The highest BCUT2D eigenvalue weighted by Gasteiger charge is 2.29. The van der Waals surface area contributed by atoms with Crippen LogP contribution >= 0.6 is 23.2 Å². The van der Waals surface area contributed by atoms with Crippen molar-refractivity contribution in [3.8, 4) is 0 Å². The molecule has 0 fully saturated rings. The molecule has 1 unspecified atom stereocenters. The standard InChI is InChI=1S/C15H17Cl2N3O/c1-15(2,3)7-13(20-9-18-8-19-20)14(21)11-5-4-10(16)6-12(11)17/h4-6,8-9,13H,7H2,1-3H3. The van der Waals surface area contributed by atoms with E-state index in [0.29, 0.717) is 22.0 Å². The van der Waals surface area contributed by atoms with Crippen LogP contribution in [0.25, 0.3) is 0 Å². The fourth-order valence-electron chi connectivity index (χ4n) is 2.13. The van der Waals surface area contributed by atoms with Crippen molar-refractivity contribution in [3.63, 3.8) is 0 Å². The highest BCUT2D eigenvalue weighted by atomic mass is 35.5. The summed E-state index contributed by atoms with van der Waals surface area (Å²) < 4.78 is 1.58. The minimum atomic E-state index is -0.439. The molecule has 0 aliphatic rings. The minimum absolute atomic E-state index is 0.0365. The SMILES string of the molecule is CC(C)(C)CC(C(=O)c1ccc(Cl)cc1Cl)n1cncn1. The molecule has 0 saturated heterocycles. The molecule has 0 N–H and O–H groups in total. The molecule has 6 heteroatoms. The molecule has 2 rings (SSSR count). The Morgan fingerprint density at radius 1 is 1.33 bits per heavy atom. The molecule has 0 bridgehead atoms. The summed E-state index contributed by atoms with van der Waals surface area (Å²) >= 11 is 12.0. The highest BCUT2D eigenvalue weighted by molar-refractivity contribution is 6.36. The van der Waals surface area contributed by atoms with E-state index < -0.39 is 6.04 Å². The van der Waals surface area contributed by atoms with Crippen molar-refractivity contribution in [2.75, 3.05) is 0 Å². The molecule has 1 aromatic heterocycles. The van der Waals surface area contributed by atoms with Gasteiger partial charge >= 0.3 is 0 Å². The summed E-state index contributed by atoms with van der Waals surface area (Å²) in [7, 11) is 0. The lowest BCUT2D eigenvalue weighted by molar-refractivity contribution is 0.0880. The van der Waals surface area contributed by atoms with Gasteiger partial charge in [-0.1, -0.05) is 44.0 Å². The Morgan fingerprint density at radius 3 is 2.57 bits per heavy atom. The lowest BCUT2D eigenvalue weighted by Gasteiger charge is -2.25. The van der Waals surface area contributed by atoms with Crippen molar-refractivity contribution < 1.29 is 4.79 Å². The van der Waals surface area contributed by atoms with Crippen LogP contribution in [0.4, 0.5) is 0 Å². The van der Waals surface area contributed by atoms with Gasteiger partial charge in [-0.25, -0.2) is 9.67 Å². The lowest BCUT2D eigenvalue weighted by atomic mass is 9.85. The third-order valence-electron chi connectivity index (χ3n) is 3.06. The van der Waals surface area contributed by atoms with E-state index in [4.69, 9.17) is 23.2 Å². The predicted octanol–water partition coefficient (Wildman–Crippen LogP) is 4.45. The summed E-state index contributed by atoms with van der Waals surface area (Å²) in [6, 6.07) is 4.45. The molecule has 1 heterocycles. The van der Waals surface area contributed by atoms with E-state index in [9.17, 15) is 4.79 Å². The van der Waals surface area contributed by atoms with E-state index in [-0.39, 0.29) is 11.2 Å². The van der Waals surface area contributed by atoms with Crippen molar-refractivity contribution in [3.05, 3.63) is 46.5 Å². The number of carbonyl (C=O) groups excluding carboxylic acids is 1. The first-order chi connectivity index (χ1) is 9.78. The molecule has 21 heavy (non-hydrogen) atoms. The maximum absolute atomic E-state index is 12.8. The average molecular weight is 326 g/mol. The quantitative estimate of drug-likeness (QED) is 0.780. The third-order valence-corrected chi connectivity index (χ3v) is 3.61. The Balaban J connectivity index is 2.39. The average Bonchev–Trinajstić information content (AvgIpc) is 2.87. The Labute approximate surface area is 134 Å². The van der Waals surface area contributed by atoms with Gasteiger partial charge in [0.1, 0.15) is 18.7 Å². The Bertz CT molecular complexity index is 633. The molecule has 1 atom stereocenters. The number of benzene rings is 1. The smallest absolute Gasteiger partial charge is 0.188 e. The number of Topliss-reactive ketones (excluding diaryl/α,β-unsaturated/α-hetero) is 1.